The zero-order valence-electron chi connectivity index (χ0n) is 13.6. The Balaban J connectivity index is 2.04. The molecule has 1 aliphatic rings. The molecule has 2 aromatic rings. The monoisotopic (exact) mass is 310 g/mol. The van der Waals surface area contributed by atoms with Gasteiger partial charge in [0.25, 0.3) is 0 Å². The molecule has 0 bridgehead atoms. The van der Waals surface area contributed by atoms with Crippen molar-refractivity contribution in [2.45, 2.75) is 38.8 Å². The van der Waals surface area contributed by atoms with Crippen molar-refractivity contribution in [3.8, 4) is 0 Å². The van der Waals surface area contributed by atoms with Crippen molar-refractivity contribution in [1.82, 2.24) is 9.88 Å². The molecule has 2 heterocycles. The third-order valence-corrected chi connectivity index (χ3v) is 4.52. The Morgan fingerprint density at radius 2 is 1.87 bits per heavy atom. The van der Waals surface area contributed by atoms with Crippen LogP contribution in [0.5, 0.6) is 0 Å². The van der Waals surface area contributed by atoms with Gasteiger partial charge in [-0.3, -0.25) is 14.7 Å². The first kappa shape index (κ1) is 15.7. The summed E-state index contributed by atoms with van der Waals surface area (Å²) in [5.41, 5.74) is 4.31. The van der Waals surface area contributed by atoms with E-state index in [0.29, 0.717) is 6.42 Å². The number of pyridine rings is 1. The molecule has 2 unspecified atom stereocenters. The average Bonchev–Trinajstić information content (AvgIpc) is 3.01. The summed E-state index contributed by atoms with van der Waals surface area (Å²) >= 11 is 0. The van der Waals surface area contributed by atoms with Crippen LogP contribution in [0.25, 0.3) is 0 Å². The summed E-state index contributed by atoms with van der Waals surface area (Å²) in [5, 5.41) is 9.55. The minimum Gasteiger partial charge on any atom is -0.480 e. The summed E-state index contributed by atoms with van der Waals surface area (Å²) in [6.45, 7) is 4.84. The number of carboxylic acid groups (broad SMARTS) is 1. The number of hydrogen-bond acceptors (Lipinski definition) is 3. The predicted molar refractivity (Wildman–Crippen MR) is 89.4 cm³/mol. The first-order valence-corrected chi connectivity index (χ1v) is 8.04. The number of benzene rings is 1. The lowest BCUT2D eigenvalue weighted by Gasteiger charge is -2.31. The van der Waals surface area contributed by atoms with E-state index in [9.17, 15) is 9.90 Å². The van der Waals surface area contributed by atoms with E-state index in [4.69, 9.17) is 0 Å². The maximum absolute atomic E-state index is 11.6. The number of rotatable bonds is 4. The van der Waals surface area contributed by atoms with Crippen LogP contribution < -0.4 is 0 Å². The molecule has 0 aliphatic carbocycles. The van der Waals surface area contributed by atoms with E-state index >= 15 is 0 Å². The SMILES string of the molecule is Cc1ccc(C(c2ccc(C)cn2)N2CCCC2C(=O)O)cc1. The molecule has 0 spiro atoms. The average molecular weight is 310 g/mol. The topological polar surface area (TPSA) is 53.4 Å². The third-order valence-electron chi connectivity index (χ3n) is 4.52. The zero-order valence-corrected chi connectivity index (χ0v) is 13.6. The first-order chi connectivity index (χ1) is 11.1. The predicted octanol–water partition coefficient (Wildman–Crippen LogP) is 3.34. The maximum atomic E-state index is 11.6. The summed E-state index contributed by atoms with van der Waals surface area (Å²) in [6.07, 6.45) is 3.46. The molecular weight excluding hydrogens is 288 g/mol. The lowest BCUT2D eigenvalue weighted by Crippen LogP contribution is -2.39. The number of aliphatic carboxylic acids is 1. The lowest BCUT2D eigenvalue weighted by atomic mass is 9.99. The molecule has 120 valence electrons. The fourth-order valence-electron chi connectivity index (χ4n) is 3.29. The Morgan fingerprint density at radius 3 is 2.48 bits per heavy atom. The number of carbonyl (C=O) groups is 1. The van der Waals surface area contributed by atoms with Crippen molar-refractivity contribution in [2.24, 2.45) is 0 Å². The molecule has 1 saturated heterocycles. The number of likely N-dealkylation sites (tertiary alicyclic amines) is 1. The second kappa shape index (κ2) is 6.50. The van der Waals surface area contributed by atoms with Gasteiger partial charge in [0.15, 0.2) is 0 Å². The molecule has 1 aromatic carbocycles. The van der Waals surface area contributed by atoms with E-state index in [2.05, 4.69) is 41.1 Å². The summed E-state index contributed by atoms with van der Waals surface area (Å²) in [6, 6.07) is 11.8. The Kier molecular flexibility index (Phi) is 4.44. The van der Waals surface area contributed by atoms with Crippen molar-refractivity contribution < 1.29 is 9.90 Å². The van der Waals surface area contributed by atoms with Crippen LogP contribution in [0.1, 0.15) is 41.3 Å². The Labute approximate surface area is 136 Å². The second-order valence-corrected chi connectivity index (χ2v) is 6.31. The molecule has 2 atom stereocenters. The molecule has 23 heavy (non-hydrogen) atoms. The van der Waals surface area contributed by atoms with Crippen molar-refractivity contribution in [3.05, 3.63) is 65.0 Å². The molecule has 1 aliphatic heterocycles. The normalized spacial score (nSPS) is 19.7. The van der Waals surface area contributed by atoms with E-state index in [1.807, 2.05) is 25.3 Å². The Morgan fingerprint density at radius 1 is 1.17 bits per heavy atom. The van der Waals surface area contributed by atoms with Crippen molar-refractivity contribution in [2.75, 3.05) is 6.54 Å². The van der Waals surface area contributed by atoms with E-state index < -0.39 is 12.0 Å². The summed E-state index contributed by atoms with van der Waals surface area (Å²) in [4.78, 5) is 18.3. The minimum atomic E-state index is -0.744. The van der Waals surface area contributed by atoms with E-state index in [1.165, 1.54) is 5.56 Å². The molecule has 1 N–H and O–H groups in total. The molecule has 3 rings (SSSR count). The molecule has 1 aromatic heterocycles. The maximum Gasteiger partial charge on any atom is 0.320 e. The number of aromatic nitrogens is 1. The fraction of sp³-hybridized carbons (Fsp3) is 0.368. The second-order valence-electron chi connectivity index (χ2n) is 6.31. The van der Waals surface area contributed by atoms with Crippen molar-refractivity contribution in [1.29, 1.82) is 0 Å². The highest BCUT2D eigenvalue weighted by molar-refractivity contribution is 5.74. The van der Waals surface area contributed by atoms with Gasteiger partial charge in [0.1, 0.15) is 6.04 Å². The summed E-state index contributed by atoms with van der Waals surface area (Å²) in [7, 11) is 0. The van der Waals surface area contributed by atoms with Gasteiger partial charge in [-0.05, 0) is 43.9 Å². The Bertz CT molecular complexity index is 634. The van der Waals surface area contributed by atoms with Crippen LogP contribution in [0.2, 0.25) is 0 Å². The number of aryl methyl sites for hydroxylation is 2. The summed E-state index contributed by atoms with van der Waals surface area (Å²) < 4.78 is 0. The largest absolute Gasteiger partial charge is 0.480 e. The molecule has 0 radical (unpaired) electrons. The van der Waals surface area contributed by atoms with Gasteiger partial charge in [0.2, 0.25) is 0 Å². The molecule has 4 nitrogen and oxygen atoms in total. The van der Waals surface area contributed by atoms with Crippen LogP contribution in [0.4, 0.5) is 0 Å². The van der Waals surface area contributed by atoms with Crippen LogP contribution in [0.15, 0.2) is 42.6 Å². The number of nitrogens with zero attached hydrogens (tertiary/aromatic N) is 2. The van der Waals surface area contributed by atoms with Gasteiger partial charge in [-0.1, -0.05) is 35.9 Å². The van der Waals surface area contributed by atoms with Gasteiger partial charge < -0.3 is 5.11 Å². The molecular formula is C19H22N2O2. The molecule has 1 fully saturated rings. The smallest absolute Gasteiger partial charge is 0.320 e. The van der Waals surface area contributed by atoms with E-state index in [0.717, 1.165) is 29.8 Å². The van der Waals surface area contributed by atoms with Crippen LogP contribution >= 0.6 is 0 Å². The van der Waals surface area contributed by atoms with Crippen LogP contribution in [-0.2, 0) is 4.79 Å². The zero-order chi connectivity index (χ0) is 16.4. The van der Waals surface area contributed by atoms with Gasteiger partial charge in [0, 0.05) is 12.7 Å². The molecule has 0 saturated carbocycles. The number of hydrogen-bond donors (Lipinski definition) is 1. The summed E-state index contributed by atoms with van der Waals surface area (Å²) in [5.74, 6) is -0.744. The van der Waals surface area contributed by atoms with Crippen molar-refractivity contribution >= 4 is 5.97 Å². The third kappa shape index (κ3) is 3.27. The quantitative estimate of drug-likeness (QED) is 0.941. The van der Waals surface area contributed by atoms with Gasteiger partial charge in [-0.2, -0.15) is 0 Å². The highest BCUT2D eigenvalue weighted by Crippen LogP contribution is 2.34. The number of carboxylic acids is 1. The van der Waals surface area contributed by atoms with Crippen LogP contribution in [0, 0.1) is 13.8 Å². The highest BCUT2D eigenvalue weighted by Gasteiger charge is 2.37. The van der Waals surface area contributed by atoms with Gasteiger partial charge in [0.05, 0.1) is 11.7 Å². The molecule has 0 amide bonds. The van der Waals surface area contributed by atoms with Gasteiger partial charge in [-0.15, -0.1) is 0 Å². The van der Waals surface area contributed by atoms with Gasteiger partial charge in [-0.25, -0.2) is 0 Å². The van der Waals surface area contributed by atoms with E-state index in [1.54, 1.807) is 0 Å². The first-order valence-electron chi connectivity index (χ1n) is 8.04. The van der Waals surface area contributed by atoms with Gasteiger partial charge >= 0.3 is 5.97 Å². The highest BCUT2D eigenvalue weighted by atomic mass is 16.4. The molecule has 4 heteroatoms. The van der Waals surface area contributed by atoms with Crippen LogP contribution in [0.3, 0.4) is 0 Å². The fourth-order valence-corrected chi connectivity index (χ4v) is 3.29. The van der Waals surface area contributed by atoms with Crippen molar-refractivity contribution in [3.63, 3.8) is 0 Å². The van der Waals surface area contributed by atoms with Crippen LogP contribution in [-0.4, -0.2) is 33.5 Å². The van der Waals surface area contributed by atoms with E-state index in [-0.39, 0.29) is 6.04 Å². The lowest BCUT2D eigenvalue weighted by molar-refractivity contribution is -0.142. The standard InChI is InChI=1S/C19H22N2O2/c1-13-5-8-15(9-6-13)18(16-10-7-14(2)12-20-16)21-11-3-4-17(21)19(22)23/h5-10,12,17-18H,3-4,11H2,1-2H3,(H,22,23). The minimum absolute atomic E-state index is 0.111. The Hall–Kier alpha value is -2.20.